The van der Waals surface area contributed by atoms with E-state index in [1.807, 2.05) is 18.2 Å². The first-order valence-corrected chi connectivity index (χ1v) is 10.5. The minimum atomic E-state index is 0.327. The van der Waals surface area contributed by atoms with Gasteiger partial charge in [0, 0.05) is 67.3 Å². The van der Waals surface area contributed by atoms with Crippen LogP contribution in [-0.2, 0) is 13.0 Å². The van der Waals surface area contributed by atoms with E-state index in [1.54, 1.807) is 0 Å². The summed E-state index contributed by atoms with van der Waals surface area (Å²) in [4.78, 5) is 17.0. The lowest BCUT2D eigenvalue weighted by atomic mass is 9.97. The van der Waals surface area contributed by atoms with Gasteiger partial charge in [-0.25, -0.2) is 0 Å². The zero-order chi connectivity index (χ0) is 18.6. The molecule has 2 aromatic rings. The van der Waals surface area contributed by atoms with Crippen LogP contribution in [-0.4, -0.2) is 48.0 Å². The molecule has 1 saturated heterocycles. The number of hydrogen-bond acceptors (Lipinski definition) is 3. The maximum atomic E-state index is 12.0. The number of anilines is 1. The molecule has 1 fully saturated rings. The zero-order valence-corrected chi connectivity index (χ0v) is 16.6. The van der Waals surface area contributed by atoms with Crippen molar-refractivity contribution in [3.8, 4) is 0 Å². The first-order chi connectivity index (χ1) is 13.2. The Morgan fingerprint density at radius 1 is 0.889 bits per heavy atom. The predicted octanol–water partition coefficient (Wildman–Crippen LogP) is 4.26. The number of piperazine rings is 1. The first-order valence-electron chi connectivity index (χ1n) is 10.1. The van der Waals surface area contributed by atoms with Gasteiger partial charge in [-0.05, 0) is 62.6 Å². The molecule has 1 aliphatic heterocycles. The van der Waals surface area contributed by atoms with Crippen molar-refractivity contribution >= 4 is 23.1 Å². The van der Waals surface area contributed by atoms with Gasteiger partial charge in [0.05, 0.1) is 0 Å². The van der Waals surface area contributed by atoms with Crippen molar-refractivity contribution < 1.29 is 4.79 Å². The number of carbonyl (C=O) groups is 1. The van der Waals surface area contributed by atoms with Crippen LogP contribution in [0.15, 0.2) is 36.5 Å². The summed E-state index contributed by atoms with van der Waals surface area (Å²) in [5, 5.41) is 0.797. The first kappa shape index (κ1) is 18.6. The Hall–Kier alpha value is -1.78. The molecule has 1 aromatic carbocycles. The number of ketones is 1. The van der Waals surface area contributed by atoms with Gasteiger partial charge >= 0.3 is 0 Å². The number of carbonyl (C=O) groups excluding carboxylic acids is 1. The molecular formula is C22H28ClN3O. The third-order valence-corrected chi connectivity index (χ3v) is 6.14. The lowest BCUT2D eigenvalue weighted by molar-refractivity contribution is 0.0971. The summed E-state index contributed by atoms with van der Waals surface area (Å²) >= 11 is 5.98. The number of Topliss-reactive ketones (excluding diaryl/α,β-unsaturated/α-hetero) is 1. The molecule has 1 aliphatic carbocycles. The average molecular weight is 386 g/mol. The van der Waals surface area contributed by atoms with Crippen molar-refractivity contribution in [2.24, 2.45) is 0 Å². The number of aromatic nitrogens is 1. The topological polar surface area (TPSA) is 28.5 Å². The standard InChI is InChI=1S/C22H28ClN3O/c23-18-6-8-19(9-7-18)25-16-14-24(15-17-25)11-1-2-12-26-13-10-20-21(26)4-3-5-22(20)27/h6-10,13H,1-5,11-12,14-17H2. The number of nitrogens with zero attached hydrogens (tertiary/aromatic N) is 3. The second-order valence-electron chi connectivity index (χ2n) is 7.66. The number of rotatable bonds is 6. The summed E-state index contributed by atoms with van der Waals surface area (Å²) < 4.78 is 2.31. The third kappa shape index (κ3) is 4.39. The van der Waals surface area contributed by atoms with Gasteiger partial charge in [-0.3, -0.25) is 9.69 Å². The number of fused-ring (bicyclic) bond motifs is 1. The molecule has 5 heteroatoms. The molecule has 0 spiro atoms. The maximum absolute atomic E-state index is 12.0. The average Bonchev–Trinajstić information content (AvgIpc) is 3.11. The lowest BCUT2D eigenvalue weighted by Gasteiger charge is -2.36. The molecule has 4 nitrogen and oxygen atoms in total. The Bertz CT molecular complexity index is 775. The molecule has 2 aliphatic rings. The molecule has 0 N–H and O–H groups in total. The van der Waals surface area contributed by atoms with Crippen molar-refractivity contribution in [2.75, 3.05) is 37.6 Å². The fourth-order valence-corrected chi connectivity index (χ4v) is 4.42. The molecule has 0 bridgehead atoms. The van der Waals surface area contributed by atoms with Crippen LogP contribution in [0.3, 0.4) is 0 Å². The number of unbranched alkanes of at least 4 members (excludes halogenated alkanes) is 1. The van der Waals surface area contributed by atoms with Crippen LogP contribution in [0, 0.1) is 0 Å². The Balaban J connectivity index is 1.19. The highest BCUT2D eigenvalue weighted by Crippen LogP contribution is 2.23. The highest BCUT2D eigenvalue weighted by Gasteiger charge is 2.20. The van der Waals surface area contributed by atoms with Gasteiger partial charge < -0.3 is 9.47 Å². The minimum absolute atomic E-state index is 0.327. The van der Waals surface area contributed by atoms with Crippen LogP contribution < -0.4 is 4.90 Å². The Morgan fingerprint density at radius 3 is 2.41 bits per heavy atom. The third-order valence-electron chi connectivity index (χ3n) is 5.88. The number of aryl methyl sites for hydroxylation is 1. The van der Waals surface area contributed by atoms with Crippen molar-refractivity contribution in [3.63, 3.8) is 0 Å². The van der Waals surface area contributed by atoms with E-state index in [0.29, 0.717) is 5.78 Å². The molecule has 27 heavy (non-hydrogen) atoms. The maximum Gasteiger partial charge on any atom is 0.164 e. The number of hydrogen-bond donors (Lipinski definition) is 0. The van der Waals surface area contributed by atoms with Crippen LogP contribution >= 0.6 is 11.6 Å². The molecule has 0 saturated carbocycles. The highest BCUT2D eigenvalue weighted by molar-refractivity contribution is 6.30. The zero-order valence-electron chi connectivity index (χ0n) is 15.9. The van der Waals surface area contributed by atoms with Gasteiger partial charge in [-0.1, -0.05) is 11.6 Å². The van der Waals surface area contributed by atoms with Gasteiger partial charge in [0.25, 0.3) is 0 Å². The van der Waals surface area contributed by atoms with Crippen LogP contribution in [0.4, 0.5) is 5.69 Å². The number of halogens is 1. The quantitative estimate of drug-likeness (QED) is 0.695. The van der Waals surface area contributed by atoms with E-state index >= 15 is 0 Å². The minimum Gasteiger partial charge on any atom is -0.369 e. The highest BCUT2D eigenvalue weighted by atomic mass is 35.5. The Labute approximate surface area is 166 Å². The Morgan fingerprint density at radius 2 is 1.63 bits per heavy atom. The summed E-state index contributed by atoms with van der Waals surface area (Å²) in [6.07, 6.45) is 7.28. The molecule has 4 rings (SSSR count). The van der Waals surface area contributed by atoms with E-state index in [0.717, 1.165) is 69.1 Å². The van der Waals surface area contributed by atoms with Crippen LogP contribution in [0.1, 0.15) is 41.7 Å². The predicted molar refractivity (Wildman–Crippen MR) is 111 cm³/mol. The molecular weight excluding hydrogens is 358 g/mol. The summed E-state index contributed by atoms with van der Waals surface area (Å²) in [6.45, 7) is 6.60. The van der Waals surface area contributed by atoms with Crippen LogP contribution in [0.5, 0.6) is 0 Å². The van der Waals surface area contributed by atoms with Gasteiger partial charge in [0.2, 0.25) is 0 Å². The molecule has 0 unspecified atom stereocenters. The van der Waals surface area contributed by atoms with Gasteiger partial charge in [-0.2, -0.15) is 0 Å². The van der Waals surface area contributed by atoms with Gasteiger partial charge in [-0.15, -0.1) is 0 Å². The van der Waals surface area contributed by atoms with Crippen molar-refractivity contribution in [1.82, 2.24) is 9.47 Å². The molecule has 144 valence electrons. The number of benzene rings is 1. The second-order valence-corrected chi connectivity index (χ2v) is 8.09. The molecule has 0 atom stereocenters. The fraction of sp³-hybridized carbons (Fsp3) is 0.500. The normalized spacial score (nSPS) is 18.0. The van der Waals surface area contributed by atoms with E-state index in [-0.39, 0.29) is 0 Å². The van der Waals surface area contributed by atoms with Gasteiger partial charge in [0.1, 0.15) is 0 Å². The largest absolute Gasteiger partial charge is 0.369 e. The monoisotopic (exact) mass is 385 g/mol. The van der Waals surface area contributed by atoms with Crippen molar-refractivity contribution in [2.45, 2.75) is 38.6 Å². The lowest BCUT2D eigenvalue weighted by Crippen LogP contribution is -2.46. The summed E-state index contributed by atoms with van der Waals surface area (Å²) in [7, 11) is 0. The van der Waals surface area contributed by atoms with Crippen LogP contribution in [0.2, 0.25) is 5.02 Å². The Kier molecular flexibility index (Phi) is 5.84. The molecule has 0 radical (unpaired) electrons. The summed E-state index contributed by atoms with van der Waals surface area (Å²) in [5.74, 6) is 0.327. The van der Waals surface area contributed by atoms with Crippen molar-refractivity contribution in [1.29, 1.82) is 0 Å². The SMILES string of the molecule is O=C1CCCc2c1ccn2CCCCN1CCN(c2ccc(Cl)cc2)CC1. The van der Waals surface area contributed by atoms with E-state index in [1.165, 1.54) is 24.2 Å². The van der Waals surface area contributed by atoms with E-state index < -0.39 is 0 Å². The molecule has 2 heterocycles. The summed E-state index contributed by atoms with van der Waals surface area (Å²) in [6, 6.07) is 10.2. The fourth-order valence-electron chi connectivity index (χ4n) is 4.30. The van der Waals surface area contributed by atoms with E-state index in [4.69, 9.17) is 11.6 Å². The second kappa shape index (κ2) is 8.49. The van der Waals surface area contributed by atoms with E-state index in [9.17, 15) is 4.79 Å². The van der Waals surface area contributed by atoms with Gasteiger partial charge in [0.15, 0.2) is 5.78 Å². The van der Waals surface area contributed by atoms with E-state index in [2.05, 4.69) is 32.7 Å². The van der Waals surface area contributed by atoms with Crippen molar-refractivity contribution in [3.05, 3.63) is 52.8 Å². The summed E-state index contributed by atoms with van der Waals surface area (Å²) in [5.41, 5.74) is 3.51. The molecule has 1 aromatic heterocycles. The molecule has 0 amide bonds. The smallest absolute Gasteiger partial charge is 0.164 e. The van der Waals surface area contributed by atoms with Crippen LogP contribution in [0.25, 0.3) is 0 Å².